The van der Waals surface area contributed by atoms with Gasteiger partial charge in [0, 0.05) is 5.41 Å². The number of rotatable bonds is 8. The van der Waals surface area contributed by atoms with E-state index in [2.05, 4.69) is 58.3 Å². The fraction of sp³-hybridized carbons (Fsp3) is 0.647. The number of allylic oxidation sites excluding steroid dienone is 2. The fourth-order valence-corrected chi connectivity index (χ4v) is 3.44. The van der Waals surface area contributed by atoms with Crippen LogP contribution in [0.1, 0.15) is 53.4 Å². The number of nitrogens with one attached hydrogen (secondary N) is 1. The van der Waals surface area contributed by atoms with Gasteiger partial charge in [-0.25, -0.2) is 0 Å². The van der Waals surface area contributed by atoms with Crippen molar-refractivity contribution in [2.24, 2.45) is 5.41 Å². The average molecular weight is 247 g/mol. The summed E-state index contributed by atoms with van der Waals surface area (Å²) in [4.78, 5) is 0. The molecule has 0 aromatic heterocycles. The van der Waals surface area contributed by atoms with Gasteiger partial charge in [0.2, 0.25) is 0 Å². The summed E-state index contributed by atoms with van der Waals surface area (Å²) in [5.74, 6) is 0. The van der Waals surface area contributed by atoms with Crippen molar-refractivity contribution in [2.45, 2.75) is 58.9 Å². The Morgan fingerprint density at radius 1 is 1.22 bits per heavy atom. The minimum absolute atomic E-state index is 0.0859. The molecule has 0 aromatic carbocycles. The van der Waals surface area contributed by atoms with Crippen molar-refractivity contribution < 1.29 is 0 Å². The Labute approximate surface area is 113 Å². The molecule has 0 spiro atoms. The largest absolute Gasteiger partial charge is 0.307 e. The molecule has 1 aliphatic carbocycles. The van der Waals surface area contributed by atoms with E-state index in [1.807, 2.05) is 0 Å². The van der Waals surface area contributed by atoms with Crippen LogP contribution in [0.4, 0.5) is 0 Å². The van der Waals surface area contributed by atoms with Crippen LogP contribution < -0.4 is 5.32 Å². The molecule has 2 unspecified atom stereocenters. The molecule has 0 amide bonds. The highest BCUT2D eigenvalue weighted by Gasteiger charge is 2.69. The lowest BCUT2D eigenvalue weighted by atomic mass is 9.86. The highest BCUT2D eigenvalue weighted by atomic mass is 15.1. The maximum atomic E-state index is 4.34. The highest BCUT2D eigenvalue weighted by molar-refractivity contribution is 5.60. The van der Waals surface area contributed by atoms with Gasteiger partial charge in [0.25, 0.3) is 0 Å². The van der Waals surface area contributed by atoms with Crippen molar-refractivity contribution in [3.8, 4) is 0 Å². The third kappa shape index (κ3) is 1.99. The fourth-order valence-electron chi connectivity index (χ4n) is 3.44. The topological polar surface area (TPSA) is 12.0 Å². The van der Waals surface area contributed by atoms with Gasteiger partial charge in [-0.3, -0.25) is 0 Å². The van der Waals surface area contributed by atoms with E-state index in [0.29, 0.717) is 0 Å². The molecule has 0 bridgehead atoms. The van der Waals surface area contributed by atoms with Crippen molar-refractivity contribution in [1.29, 1.82) is 0 Å². The van der Waals surface area contributed by atoms with Crippen LogP contribution in [0.5, 0.6) is 0 Å². The van der Waals surface area contributed by atoms with Crippen LogP contribution in [0.15, 0.2) is 36.5 Å². The molecule has 1 N–H and O–H groups in total. The Morgan fingerprint density at radius 3 is 2.33 bits per heavy atom. The van der Waals surface area contributed by atoms with Crippen LogP contribution in [-0.2, 0) is 0 Å². The third-order valence-electron chi connectivity index (χ3n) is 4.54. The van der Waals surface area contributed by atoms with Gasteiger partial charge in [-0.15, -0.1) is 0 Å². The van der Waals surface area contributed by atoms with E-state index in [0.717, 1.165) is 32.2 Å². The average Bonchev–Trinajstić information content (AvgIpc) is 2.93. The monoisotopic (exact) mass is 247 g/mol. The van der Waals surface area contributed by atoms with E-state index in [1.165, 1.54) is 11.1 Å². The summed E-state index contributed by atoms with van der Waals surface area (Å²) in [5.41, 5.74) is 2.73. The van der Waals surface area contributed by atoms with Gasteiger partial charge >= 0.3 is 0 Å². The summed E-state index contributed by atoms with van der Waals surface area (Å²) in [5, 5.41) is 3.72. The summed E-state index contributed by atoms with van der Waals surface area (Å²) in [6, 6.07) is 0. The SMILES string of the molecule is C=C(/C=C\CC)C1(CC)C(=C)C1(CC)NCCC. The van der Waals surface area contributed by atoms with E-state index in [9.17, 15) is 0 Å². The van der Waals surface area contributed by atoms with Crippen molar-refractivity contribution in [2.75, 3.05) is 6.54 Å². The molecule has 1 fully saturated rings. The molecule has 0 saturated heterocycles. The van der Waals surface area contributed by atoms with Crippen LogP contribution in [-0.4, -0.2) is 12.1 Å². The zero-order valence-corrected chi connectivity index (χ0v) is 12.6. The second-order valence-electron chi connectivity index (χ2n) is 5.26. The Balaban J connectivity index is 2.99. The smallest absolute Gasteiger partial charge is 0.0534 e. The molecule has 102 valence electrons. The van der Waals surface area contributed by atoms with E-state index >= 15 is 0 Å². The molecule has 0 aromatic rings. The first-order chi connectivity index (χ1) is 8.57. The number of hydrogen-bond acceptors (Lipinski definition) is 1. The molecule has 0 heterocycles. The minimum atomic E-state index is 0.0859. The van der Waals surface area contributed by atoms with Gasteiger partial charge in [0.1, 0.15) is 0 Å². The summed E-state index contributed by atoms with van der Waals surface area (Å²) >= 11 is 0. The Morgan fingerprint density at radius 2 is 1.89 bits per heavy atom. The molecule has 1 rings (SSSR count). The van der Waals surface area contributed by atoms with Crippen molar-refractivity contribution in [3.05, 3.63) is 36.5 Å². The van der Waals surface area contributed by atoms with Crippen LogP contribution in [0, 0.1) is 5.41 Å². The number of hydrogen-bond donors (Lipinski definition) is 1. The molecular weight excluding hydrogens is 218 g/mol. The zero-order valence-electron chi connectivity index (χ0n) is 12.6. The van der Waals surface area contributed by atoms with Crippen molar-refractivity contribution in [3.63, 3.8) is 0 Å². The van der Waals surface area contributed by atoms with E-state index in [-0.39, 0.29) is 11.0 Å². The van der Waals surface area contributed by atoms with Crippen molar-refractivity contribution >= 4 is 0 Å². The molecule has 0 radical (unpaired) electrons. The van der Waals surface area contributed by atoms with Gasteiger partial charge in [0.05, 0.1) is 5.54 Å². The third-order valence-corrected chi connectivity index (χ3v) is 4.54. The molecule has 1 saturated carbocycles. The predicted octanol–water partition coefficient (Wildman–Crippen LogP) is 4.62. The molecule has 2 atom stereocenters. The maximum absolute atomic E-state index is 4.34. The predicted molar refractivity (Wildman–Crippen MR) is 81.8 cm³/mol. The lowest BCUT2D eigenvalue weighted by Gasteiger charge is -2.25. The van der Waals surface area contributed by atoms with Gasteiger partial charge in [-0.1, -0.05) is 53.0 Å². The summed E-state index contributed by atoms with van der Waals surface area (Å²) < 4.78 is 0. The van der Waals surface area contributed by atoms with Gasteiger partial charge in [0.15, 0.2) is 0 Å². The van der Waals surface area contributed by atoms with Crippen LogP contribution in [0.3, 0.4) is 0 Å². The summed E-state index contributed by atoms with van der Waals surface area (Å²) in [6.07, 6.45) is 8.80. The van der Waals surface area contributed by atoms with E-state index < -0.39 is 0 Å². The second-order valence-corrected chi connectivity index (χ2v) is 5.26. The zero-order chi connectivity index (χ0) is 13.8. The molecule has 1 heteroatoms. The molecule has 1 aliphatic rings. The normalized spacial score (nSPS) is 31.0. The lowest BCUT2D eigenvalue weighted by molar-refractivity contribution is 0.379. The molecular formula is C17H29N. The Kier molecular flexibility index (Phi) is 4.98. The molecule has 1 nitrogen and oxygen atoms in total. The first kappa shape index (κ1) is 15.2. The van der Waals surface area contributed by atoms with Gasteiger partial charge in [-0.2, -0.15) is 0 Å². The van der Waals surface area contributed by atoms with Crippen LogP contribution >= 0.6 is 0 Å². The quantitative estimate of drug-likeness (QED) is 0.487. The Bertz CT molecular complexity index is 353. The van der Waals surface area contributed by atoms with E-state index in [1.54, 1.807) is 0 Å². The van der Waals surface area contributed by atoms with Crippen molar-refractivity contribution in [1.82, 2.24) is 5.32 Å². The van der Waals surface area contributed by atoms with Crippen LogP contribution in [0.2, 0.25) is 0 Å². The first-order valence-electron chi connectivity index (χ1n) is 7.38. The minimum Gasteiger partial charge on any atom is -0.307 e. The molecule has 18 heavy (non-hydrogen) atoms. The van der Waals surface area contributed by atoms with Gasteiger partial charge in [-0.05, 0) is 43.4 Å². The summed E-state index contributed by atoms with van der Waals surface area (Å²) in [7, 11) is 0. The van der Waals surface area contributed by atoms with E-state index in [4.69, 9.17) is 0 Å². The second kappa shape index (κ2) is 5.88. The van der Waals surface area contributed by atoms with Crippen LogP contribution in [0.25, 0.3) is 0 Å². The highest BCUT2D eigenvalue weighted by Crippen LogP contribution is 2.68. The molecule has 0 aliphatic heterocycles. The Hall–Kier alpha value is -0.820. The summed E-state index contributed by atoms with van der Waals surface area (Å²) in [6.45, 7) is 18.6. The standard InChI is InChI=1S/C17H29N/c1-7-11-12-14(5)16(9-3)15(6)17(16,10-4)18-13-8-2/h11-12,18H,5-10,13H2,1-4H3/b12-11-. The lowest BCUT2D eigenvalue weighted by Crippen LogP contribution is -2.37. The maximum Gasteiger partial charge on any atom is 0.0534 e. The van der Waals surface area contributed by atoms with Gasteiger partial charge < -0.3 is 5.32 Å². The first-order valence-corrected chi connectivity index (χ1v) is 7.38.